The van der Waals surface area contributed by atoms with Crippen LogP contribution < -0.4 is 11.1 Å². The molecule has 0 atom stereocenters. The largest absolute Gasteiger partial charge is 0.395 e. The van der Waals surface area contributed by atoms with E-state index < -0.39 is 17.5 Å². The number of aryl methyl sites for hydroxylation is 2. The summed E-state index contributed by atoms with van der Waals surface area (Å²) in [5, 5.41) is 6.33. The molecule has 0 radical (unpaired) electrons. The smallest absolute Gasteiger partial charge is 0.276 e. The lowest BCUT2D eigenvalue weighted by molar-refractivity contribution is 0.101. The number of nitrogens with zero attached hydrogens (tertiary/aromatic N) is 2. The Bertz CT molecular complexity index is 699. The lowest BCUT2D eigenvalue weighted by Crippen LogP contribution is -2.18. The highest BCUT2D eigenvalue weighted by Gasteiger charge is 2.19. The van der Waals surface area contributed by atoms with E-state index >= 15 is 0 Å². The molecule has 0 saturated carbocycles. The molecule has 3 N–H and O–H groups in total. The highest BCUT2D eigenvalue weighted by atomic mass is 79.9. The zero-order chi connectivity index (χ0) is 15.0. The number of anilines is 2. The summed E-state index contributed by atoms with van der Waals surface area (Å²) in [6, 6.07) is 1.82. The number of hydrogen-bond acceptors (Lipinski definition) is 3. The molecule has 0 spiro atoms. The maximum absolute atomic E-state index is 13.6. The molecule has 2 aromatic rings. The van der Waals surface area contributed by atoms with Crippen molar-refractivity contribution in [2.24, 2.45) is 7.05 Å². The number of halogens is 3. The zero-order valence-corrected chi connectivity index (χ0v) is 12.3. The van der Waals surface area contributed by atoms with E-state index in [1.165, 1.54) is 4.68 Å². The Hall–Kier alpha value is -1.96. The van der Waals surface area contributed by atoms with Crippen molar-refractivity contribution in [1.29, 1.82) is 0 Å². The molecule has 5 nitrogen and oxygen atoms in total. The molecule has 1 heterocycles. The molecule has 0 aliphatic heterocycles. The Morgan fingerprint density at radius 2 is 2.05 bits per heavy atom. The number of aromatic nitrogens is 2. The average molecular weight is 345 g/mol. The monoisotopic (exact) mass is 344 g/mol. The number of carbonyl (C=O) groups excluding carboxylic acids is 1. The van der Waals surface area contributed by atoms with Crippen LogP contribution in [0.15, 0.2) is 16.6 Å². The van der Waals surface area contributed by atoms with Gasteiger partial charge >= 0.3 is 0 Å². The topological polar surface area (TPSA) is 72.9 Å². The third kappa shape index (κ3) is 2.51. The van der Waals surface area contributed by atoms with Gasteiger partial charge in [0.25, 0.3) is 5.91 Å². The van der Waals surface area contributed by atoms with Crippen molar-refractivity contribution in [3.8, 4) is 0 Å². The maximum Gasteiger partial charge on any atom is 0.276 e. The Morgan fingerprint density at radius 3 is 2.60 bits per heavy atom. The minimum absolute atomic E-state index is 0.0448. The van der Waals surface area contributed by atoms with Crippen LogP contribution in [-0.2, 0) is 7.05 Å². The fourth-order valence-corrected chi connectivity index (χ4v) is 2.09. The predicted octanol–water partition coefficient (Wildman–Crippen LogP) is 2.60. The summed E-state index contributed by atoms with van der Waals surface area (Å²) in [6.07, 6.45) is 0. The van der Waals surface area contributed by atoms with Crippen molar-refractivity contribution in [2.75, 3.05) is 11.1 Å². The van der Waals surface area contributed by atoms with E-state index in [4.69, 9.17) is 5.73 Å². The van der Waals surface area contributed by atoms with E-state index in [1.54, 1.807) is 14.0 Å². The molecule has 20 heavy (non-hydrogen) atoms. The van der Waals surface area contributed by atoms with Crippen LogP contribution >= 0.6 is 15.9 Å². The predicted molar refractivity (Wildman–Crippen MR) is 74.4 cm³/mol. The van der Waals surface area contributed by atoms with Crippen LogP contribution in [0.2, 0.25) is 0 Å². The molecule has 106 valence electrons. The van der Waals surface area contributed by atoms with Crippen LogP contribution in [0, 0.1) is 18.6 Å². The van der Waals surface area contributed by atoms with Crippen molar-refractivity contribution in [3.05, 3.63) is 39.6 Å². The summed E-state index contributed by atoms with van der Waals surface area (Å²) in [4.78, 5) is 12.1. The van der Waals surface area contributed by atoms with Crippen molar-refractivity contribution in [1.82, 2.24) is 9.78 Å². The molecular weight excluding hydrogens is 334 g/mol. The first-order chi connectivity index (χ1) is 9.31. The Morgan fingerprint density at radius 1 is 1.40 bits per heavy atom. The quantitative estimate of drug-likeness (QED) is 0.822. The normalized spacial score (nSPS) is 10.7. The van der Waals surface area contributed by atoms with Crippen molar-refractivity contribution < 1.29 is 13.6 Å². The summed E-state index contributed by atoms with van der Waals surface area (Å²) in [6.45, 7) is 1.65. The molecule has 1 amide bonds. The molecule has 0 unspecified atom stereocenters. The summed E-state index contributed by atoms with van der Waals surface area (Å²) < 4.78 is 28.0. The second-order valence-corrected chi connectivity index (χ2v) is 5.03. The van der Waals surface area contributed by atoms with Crippen LogP contribution in [-0.4, -0.2) is 15.7 Å². The van der Waals surface area contributed by atoms with Gasteiger partial charge in [-0.25, -0.2) is 8.78 Å². The Kier molecular flexibility index (Phi) is 3.76. The lowest BCUT2D eigenvalue weighted by atomic mass is 10.2. The van der Waals surface area contributed by atoms with Gasteiger partial charge in [0, 0.05) is 13.1 Å². The van der Waals surface area contributed by atoms with Crippen LogP contribution in [0.3, 0.4) is 0 Å². The highest BCUT2D eigenvalue weighted by Crippen LogP contribution is 2.25. The number of benzene rings is 1. The number of amides is 1. The summed E-state index contributed by atoms with van der Waals surface area (Å²) in [5.74, 6) is -2.25. The number of carbonyl (C=O) groups is 1. The van der Waals surface area contributed by atoms with Crippen molar-refractivity contribution >= 4 is 33.2 Å². The molecule has 1 aromatic carbocycles. The van der Waals surface area contributed by atoms with Gasteiger partial charge in [-0.3, -0.25) is 9.48 Å². The molecule has 8 heteroatoms. The molecule has 1 aromatic heterocycles. The molecule has 2 rings (SSSR count). The summed E-state index contributed by atoms with van der Waals surface area (Å²) in [7, 11) is 1.55. The average Bonchev–Trinajstić information content (AvgIpc) is 2.60. The minimum Gasteiger partial charge on any atom is -0.395 e. The number of nitrogens with one attached hydrogen (secondary N) is 1. The fourth-order valence-electron chi connectivity index (χ4n) is 1.74. The second kappa shape index (κ2) is 5.20. The van der Waals surface area contributed by atoms with Gasteiger partial charge in [0.15, 0.2) is 0 Å². The van der Waals surface area contributed by atoms with E-state index in [2.05, 4.69) is 26.3 Å². The van der Waals surface area contributed by atoms with Gasteiger partial charge in [0.05, 0.1) is 21.5 Å². The number of nitrogens with two attached hydrogens (primary N) is 1. The van der Waals surface area contributed by atoms with Gasteiger partial charge in [-0.1, -0.05) is 0 Å². The maximum atomic E-state index is 13.6. The standard InChI is InChI=1S/C12H11BrF2N4O/c1-5-10(16)11(19(2)18-5)12(20)17-9-3-6(13)7(14)4-8(9)15/h3-4H,16H2,1-2H3,(H,17,20). The molecule has 0 aliphatic rings. The van der Waals surface area contributed by atoms with E-state index in [-0.39, 0.29) is 21.5 Å². The van der Waals surface area contributed by atoms with Crippen LogP contribution in [0.4, 0.5) is 20.2 Å². The van der Waals surface area contributed by atoms with Gasteiger partial charge < -0.3 is 11.1 Å². The Labute approximate surface area is 121 Å². The van der Waals surface area contributed by atoms with Gasteiger partial charge in [0.1, 0.15) is 17.3 Å². The first-order valence-corrected chi connectivity index (χ1v) is 6.35. The molecular formula is C12H11BrF2N4O. The van der Waals surface area contributed by atoms with Gasteiger partial charge in [-0.05, 0) is 28.9 Å². The third-order valence-electron chi connectivity index (χ3n) is 2.74. The van der Waals surface area contributed by atoms with Crippen LogP contribution in [0.5, 0.6) is 0 Å². The zero-order valence-electron chi connectivity index (χ0n) is 10.7. The summed E-state index contributed by atoms with van der Waals surface area (Å²) >= 11 is 2.92. The number of rotatable bonds is 2. The SMILES string of the molecule is Cc1nn(C)c(C(=O)Nc2cc(Br)c(F)cc2F)c1N. The van der Waals surface area contributed by atoms with Crippen molar-refractivity contribution in [3.63, 3.8) is 0 Å². The fraction of sp³-hybridized carbons (Fsp3) is 0.167. The first kappa shape index (κ1) is 14.4. The van der Waals surface area contributed by atoms with E-state index in [9.17, 15) is 13.6 Å². The second-order valence-electron chi connectivity index (χ2n) is 4.17. The third-order valence-corrected chi connectivity index (χ3v) is 3.35. The van der Waals surface area contributed by atoms with Gasteiger partial charge in [0.2, 0.25) is 0 Å². The highest BCUT2D eigenvalue weighted by molar-refractivity contribution is 9.10. The molecule has 0 saturated heterocycles. The van der Waals surface area contributed by atoms with Crippen LogP contribution in [0.1, 0.15) is 16.2 Å². The molecule has 0 bridgehead atoms. The van der Waals surface area contributed by atoms with E-state index in [0.29, 0.717) is 11.8 Å². The van der Waals surface area contributed by atoms with E-state index in [1.807, 2.05) is 0 Å². The first-order valence-electron chi connectivity index (χ1n) is 5.56. The number of nitrogen functional groups attached to an aromatic ring is 1. The van der Waals surface area contributed by atoms with E-state index in [0.717, 1.165) is 6.07 Å². The Balaban J connectivity index is 2.35. The van der Waals surface area contributed by atoms with Gasteiger partial charge in [-0.2, -0.15) is 5.10 Å². The van der Waals surface area contributed by atoms with Crippen molar-refractivity contribution in [2.45, 2.75) is 6.92 Å². The summed E-state index contributed by atoms with van der Waals surface area (Å²) in [5.41, 5.74) is 6.42. The minimum atomic E-state index is -0.878. The lowest BCUT2D eigenvalue weighted by Gasteiger charge is -2.08. The molecule has 0 fully saturated rings. The van der Waals surface area contributed by atoms with Crippen LogP contribution in [0.25, 0.3) is 0 Å². The number of hydrogen-bond donors (Lipinski definition) is 2. The molecule has 0 aliphatic carbocycles. The van der Waals surface area contributed by atoms with Gasteiger partial charge in [-0.15, -0.1) is 0 Å².